The lowest BCUT2D eigenvalue weighted by Crippen LogP contribution is -2.53. The van der Waals surface area contributed by atoms with Crippen LogP contribution in [0, 0.1) is 0 Å². The Labute approximate surface area is 118 Å². The summed E-state index contributed by atoms with van der Waals surface area (Å²) >= 11 is 3.39. The number of amides is 1. The summed E-state index contributed by atoms with van der Waals surface area (Å²) in [6, 6.07) is 0.127. The summed E-state index contributed by atoms with van der Waals surface area (Å²) in [4.78, 5) is 18.9. The number of piperazine rings is 1. The third-order valence-electron chi connectivity index (χ3n) is 3.88. The standard InChI is InChI=1S/C13H22BrN3O/c1-11(14)10-16-6-8-17(9-7-16)13(18)12-4-3-5-15(12)2/h12H,1,3-10H2,2H3/t12-/m0/s1. The Balaban J connectivity index is 1.82. The van der Waals surface area contributed by atoms with Gasteiger partial charge in [0.05, 0.1) is 6.04 Å². The van der Waals surface area contributed by atoms with Crippen molar-refractivity contribution in [3.8, 4) is 0 Å². The van der Waals surface area contributed by atoms with Gasteiger partial charge in [-0.3, -0.25) is 14.6 Å². The van der Waals surface area contributed by atoms with Crippen LogP contribution < -0.4 is 0 Å². The number of halogens is 1. The van der Waals surface area contributed by atoms with Crippen molar-refractivity contribution < 1.29 is 4.79 Å². The molecule has 2 saturated heterocycles. The fourth-order valence-electron chi connectivity index (χ4n) is 2.80. The smallest absolute Gasteiger partial charge is 0.240 e. The molecule has 0 N–H and O–H groups in total. The van der Waals surface area contributed by atoms with Gasteiger partial charge in [-0.25, -0.2) is 0 Å². The Hall–Kier alpha value is -0.390. The Bertz CT molecular complexity index is 326. The predicted molar refractivity (Wildman–Crippen MR) is 76.7 cm³/mol. The summed E-state index contributed by atoms with van der Waals surface area (Å²) in [5.74, 6) is 0.326. The van der Waals surface area contributed by atoms with Crippen LogP contribution in [-0.2, 0) is 4.79 Å². The van der Waals surface area contributed by atoms with Crippen LogP contribution in [0.1, 0.15) is 12.8 Å². The summed E-state index contributed by atoms with van der Waals surface area (Å²) in [6.45, 7) is 9.40. The Morgan fingerprint density at radius 3 is 2.44 bits per heavy atom. The van der Waals surface area contributed by atoms with Crippen molar-refractivity contribution in [2.24, 2.45) is 0 Å². The van der Waals surface area contributed by atoms with Gasteiger partial charge in [0.25, 0.3) is 0 Å². The maximum absolute atomic E-state index is 12.4. The van der Waals surface area contributed by atoms with Crippen LogP contribution in [-0.4, -0.2) is 73.0 Å². The first kappa shape index (κ1) is 14.0. The van der Waals surface area contributed by atoms with Crippen molar-refractivity contribution >= 4 is 21.8 Å². The monoisotopic (exact) mass is 315 g/mol. The van der Waals surface area contributed by atoms with Crippen LogP contribution in [0.25, 0.3) is 0 Å². The molecule has 102 valence electrons. The maximum atomic E-state index is 12.4. The molecule has 18 heavy (non-hydrogen) atoms. The van der Waals surface area contributed by atoms with E-state index in [2.05, 4.69) is 39.4 Å². The number of nitrogens with zero attached hydrogens (tertiary/aromatic N) is 3. The van der Waals surface area contributed by atoms with E-state index in [0.29, 0.717) is 5.91 Å². The van der Waals surface area contributed by atoms with Gasteiger partial charge in [0.1, 0.15) is 0 Å². The molecular formula is C13H22BrN3O. The Morgan fingerprint density at radius 2 is 1.94 bits per heavy atom. The minimum absolute atomic E-state index is 0.127. The van der Waals surface area contributed by atoms with E-state index >= 15 is 0 Å². The highest BCUT2D eigenvalue weighted by Crippen LogP contribution is 2.18. The molecule has 2 heterocycles. The number of hydrogen-bond acceptors (Lipinski definition) is 3. The molecule has 1 atom stereocenters. The van der Waals surface area contributed by atoms with Gasteiger partial charge in [-0.2, -0.15) is 0 Å². The normalized spacial score (nSPS) is 26.6. The topological polar surface area (TPSA) is 26.8 Å². The third kappa shape index (κ3) is 3.33. The van der Waals surface area contributed by atoms with Crippen molar-refractivity contribution in [2.45, 2.75) is 18.9 Å². The van der Waals surface area contributed by atoms with Gasteiger partial charge < -0.3 is 4.90 Å². The molecule has 0 unspecified atom stereocenters. The molecule has 0 aromatic rings. The lowest BCUT2D eigenvalue weighted by molar-refractivity contribution is -0.137. The van der Waals surface area contributed by atoms with E-state index in [4.69, 9.17) is 0 Å². The summed E-state index contributed by atoms with van der Waals surface area (Å²) in [5.41, 5.74) is 0. The van der Waals surface area contributed by atoms with Crippen molar-refractivity contribution in [2.75, 3.05) is 46.3 Å². The van der Waals surface area contributed by atoms with Crippen LogP contribution in [0.4, 0.5) is 0 Å². The Kier molecular flexibility index (Phi) is 4.81. The van der Waals surface area contributed by atoms with E-state index in [0.717, 1.165) is 56.6 Å². The van der Waals surface area contributed by atoms with Gasteiger partial charge in [0, 0.05) is 37.2 Å². The molecule has 0 aliphatic carbocycles. The maximum Gasteiger partial charge on any atom is 0.240 e. The van der Waals surface area contributed by atoms with E-state index in [-0.39, 0.29) is 6.04 Å². The second-order valence-electron chi connectivity index (χ2n) is 5.26. The minimum atomic E-state index is 0.127. The molecule has 2 aliphatic rings. The van der Waals surface area contributed by atoms with Crippen LogP contribution in [0.15, 0.2) is 11.1 Å². The van der Waals surface area contributed by atoms with Gasteiger partial charge in [-0.05, 0) is 26.4 Å². The molecular weight excluding hydrogens is 294 g/mol. The van der Waals surface area contributed by atoms with Crippen LogP contribution in [0.5, 0.6) is 0 Å². The first-order chi connectivity index (χ1) is 8.58. The van der Waals surface area contributed by atoms with E-state index in [1.165, 1.54) is 0 Å². The molecule has 4 nitrogen and oxygen atoms in total. The third-order valence-corrected chi connectivity index (χ3v) is 4.14. The molecule has 1 amide bonds. The van der Waals surface area contributed by atoms with Gasteiger partial charge >= 0.3 is 0 Å². The summed E-state index contributed by atoms with van der Waals surface area (Å²) in [7, 11) is 2.06. The average Bonchev–Trinajstić information content (AvgIpc) is 2.75. The number of likely N-dealkylation sites (tertiary alicyclic amines) is 1. The highest BCUT2D eigenvalue weighted by Gasteiger charge is 2.32. The van der Waals surface area contributed by atoms with Crippen LogP contribution in [0.3, 0.4) is 0 Å². The summed E-state index contributed by atoms with van der Waals surface area (Å²) in [6.07, 6.45) is 2.17. The van der Waals surface area contributed by atoms with E-state index in [1.54, 1.807) is 0 Å². The number of hydrogen-bond donors (Lipinski definition) is 0. The van der Waals surface area contributed by atoms with Crippen LogP contribution >= 0.6 is 15.9 Å². The highest BCUT2D eigenvalue weighted by atomic mass is 79.9. The van der Waals surface area contributed by atoms with Gasteiger partial charge in [-0.15, -0.1) is 0 Å². The van der Waals surface area contributed by atoms with Gasteiger partial charge in [0.2, 0.25) is 5.91 Å². The molecule has 0 aromatic heterocycles. The molecule has 2 fully saturated rings. The predicted octanol–water partition coefficient (Wildman–Crippen LogP) is 1.13. The number of likely N-dealkylation sites (N-methyl/N-ethyl adjacent to an activating group) is 1. The fourth-order valence-corrected chi connectivity index (χ4v) is 3.16. The largest absolute Gasteiger partial charge is 0.339 e. The minimum Gasteiger partial charge on any atom is -0.339 e. The first-order valence-corrected chi connectivity index (χ1v) is 7.42. The zero-order valence-corrected chi connectivity index (χ0v) is 12.7. The van der Waals surface area contributed by atoms with Gasteiger partial charge in [0.15, 0.2) is 0 Å². The van der Waals surface area contributed by atoms with E-state index in [9.17, 15) is 4.79 Å². The quantitative estimate of drug-likeness (QED) is 0.781. The zero-order chi connectivity index (χ0) is 13.1. The lowest BCUT2D eigenvalue weighted by Gasteiger charge is -2.36. The molecule has 0 spiro atoms. The number of rotatable bonds is 3. The molecule has 0 radical (unpaired) electrons. The highest BCUT2D eigenvalue weighted by molar-refractivity contribution is 9.11. The second kappa shape index (κ2) is 6.17. The molecule has 5 heteroatoms. The number of carbonyl (C=O) groups is 1. The van der Waals surface area contributed by atoms with E-state index < -0.39 is 0 Å². The van der Waals surface area contributed by atoms with Crippen molar-refractivity contribution in [3.63, 3.8) is 0 Å². The SMILES string of the molecule is C=C(Br)CN1CCN(C(=O)[C@@H]2CCCN2C)CC1. The fraction of sp³-hybridized carbons (Fsp3) is 0.769. The summed E-state index contributed by atoms with van der Waals surface area (Å²) < 4.78 is 1.01. The van der Waals surface area contributed by atoms with Crippen molar-refractivity contribution in [1.29, 1.82) is 0 Å². The molecule has 2 aliphatic heterocycles. The molecule has 2 rings (SSSR count). The van der Waals surface area contributed by atoms with E-state index in [1.807, 2.05) is 4.90 Å². The lowest BCUT2D eigenvalue weighted by atomic mass is 10.1. The molecule has 0 saturated carbocycles. The van der Waals surface area contributed by atoms with Gasteiger partial charge in [-0.1, -0.05) is 22.5 Å². The molecule has 0 aromatic carbocycles. The second-order valence-corrected chi connectivity index (χ2v) is 6.38. The first-order valence-electron chi connectivity index (χ1n) is 6.62. The average molecular weight is 316 g/mol. The van der Waals surface area contributed by atoms with Crippen molar-refractivity contribution in [1.82, 2.24) is 14.7 Å². The zero-order valence-electron chi connectivity index (χ0n) is 11.1. The number of carbonyl (C=O) groups excluding carboxylic acids is 1. The van der Waals surface area contributed by atoms with Crippen LogP contribution in [0.2, 0.25) is 0 Å². The summed E-state index contributed by atoms with van der Waals surface area (Å²) in [5, 5.41) is 0. The molecule has 0 bridgehead atoms. The van der Waals surface area contributed by atoms with Crippen molar-refractivity contribution in [3.05, 3.63) is 11.1 Å². The Morgan fingerprint density at radius 1 is 1.28 bits per heavy atom.